The Hall–Kier alpha value is -11.2. The molecule has 416 valence electrons. The quantitative estimate of drug-likeness (QED) is 0.0193. The van der Waals surface area contributed by atoms with E-state index in [1.807, 2.05) is 48.5 Å². The Morgan fingerprint density at radius 3 is 1.70 bits per heavy atom. The van der Waals surface area contributed by atoms with Crippen molar-refractivity contribution in [3.63, 3.8) is 0 Å². The Balaban J connectivity index is 0.901. The van der Waals surface area contributed by atoms with Crippen LogP contribution in [0.3, 0.4) is 0 Å². The Bertz CT molecular complexity index is 4510. The third kappa shape index (κ3) is 12.3. The van der Waals surface area contributed by atoms with Crippen molar-refractivity contribution in [3.8, 4) is 35.7 Å². The van der Waals surface area contributed by atoms with Gasteiger partial charge in [0.2, 0.25) is 21.7 Å². The van der Waals surface area contributed by atoms with Gasteiger partial charge in [0.1, 0.15) is 57.9 Å². The molecule has 0 saturated heterocycles. The molecule has 0 radical (unpaired) electrons. The second kappa shape index (κ2) is 24.3. The SMILES string of the molecule is Cc1c(C#N)c(Nc2nc3ccccc3s2)nc(NCCOCCNc2nc(Nc3nc4ccccc4s3)c(C#N)c(C)c2N=Nc2nn(-c3cccc(NS(C)(=O)=O)c3)c(C)c2C#N)c1N=Nc1nn(-c2ccc([N+](=O)[O-])cc2)cc1C#N. The minimum atomic E-state index is -3.59. The Morgan fingerprint density at radius 2 is 1.19 bits per heavy atom. The van der Waals surface area contributed by atoms with Crippen LogP contribution < -0.4 is 26.0 Å². The fraction of sp³-hybridized carbons (Fsp3) is 0.148. The van der Waals surface area contributed by atoms with Gasteiger partial charge >= 0.3 is 0 Å². The first-order valence-corrected chi connectivity index (χ1v) is 28.5. The van der Waals surface area contributed by atoms with E-state index < -0.39 is 14.9 Å². The van der Waals surface area contributed by atoms with E-state index >= 15 is 0 Å². The Labute approximate surface area is 485 Å². The number of nitrogens with zero attached hydrogens (tertiary/aromatic N) is 17. The lowest BCUT2D eigenvalue weighted by atomic mass is 10.1. The molecule has 4 aromatic carbocycles. The summed E-state index contributed by atoms with van der Waals surface area (Å²) in [6.45, 7) is 5.57. The van der Waals surface area contributed by atoms with E-state index in [2.05, 4.69) is 90.9 Å². The summed E-state index contributed by atoms with van der Waals surface area (Å²) in [6, 6.07) is 35.8. The van der Waals surface area contributed by atoms with E-state index in [0.29, 0.717) is 38.5 Å². The standard InChI is InChI=1S/C54H42N22O5S3/c1-30-38(26-56)48(65-53-61-41-12-5-7-14-43(41)82-53)63-51(45(30)67-69-47-33(25-55)29-74(71-47)35-16-18-36(19-17-35)76(77)78)59-20-22-81-23-21-60-52-46(31(2)39(27-57)49(64-52)66-54-62-42-13-6-8-15-44(42)83-54)68-70-50-40(28-58)32(3)75(72-50)37-11-9-10-34(24-37)73-84(4,79)80/h5-19,24,29,73H,20-23H2,1-4H3,(H2,59,61,63,65)(H2,60,62,64,66). The number of aromatic nitrogens is 8. The molecule has 6 heterocycles. The number of ether oxygens (including phenoxy) is 1. The Morgan fingerprint density at radius 1 is 0.643 bits per heavy atom. The lowest BCUT2D eigenvalue weighted by Gasteiger charge is -2.16. The fourth-order valence-electron chi connectivity index (χ4n) is 8.40. The second-order valence-corrected chi connectivity index (χ2v) is 21.9. The molecule has 0 aliphatic carbocycles. The molecule has 0 amide bonds. The summed E-state index contributed by atoms with van der Waals surface area (Å²) in [5.74, 6) is 0.673. The maximum Gasteiger partial charge on any atom is 0.269 e. The minimum absolute atomic E-state index is 0.0496. The number of benzene rings is 4. The highest BCUT2D eigenvalue weighted by Gasteiger charge is 2.23. The van der Waals surface area contributed by atoms with Gasteiger partial charge in [0.25, 0.3) is 5.69 Å². The number of fused-ring (bicyclic) bond motifs is 2. The predicted octanol–water partition coefficient (Wildman–Crippen LogP) is 11.6. The molecule has 0 unspecified atom stereocenters. The monoisotopic (exact) mass is 1170 g/mol. The first-order chi connectivity index (χ1) is 40.6. The van der Waals surface area contributed by atoms with E-state index in [0.717, 1.165) is 26.7 Å². The summed E-state index contributed by atoms with van der Waals surface area (Å²) in [5.41, 5.74) is 4.51. The molecule has 0 spiro atoms. The third-order valence-electron chi connectivity index (χ3n) is 12.4. The number of hydrogen-bond donors (Lipinski definition) is 5. The number of sulfonamides is 1. The molecule has 0 aliphatic rings. The van der Waals surface area contributed by atoms with Crippen molar-refractivity contribution in [1.82, 2.24) is 39.5 Å². The fourth-order valence-corrected chi connectivity index (χ4v) is 10.7. The topological polar surface area (TPSA) is 378 Å². The highest BCUT2D eigenvalue weighted by Crippen LogP contribution is 2.40. The summed E-state index contributed by atoms with van der Waals surface area (Å²) in [6.07, 6.45) is 2.45. The highest BCUT2D eigenvalue weighted by atomic mass is 32.2. The number of anilines is 7. The van der Waals surface area contributed by atoms with Crippen molar-refractivity contribution in [1.29, 1.82) is 21.0 Å². The molecule has 30 heteroatoms. The van der Waals surface area contributed by atoms with Crippen LogP contribution in [0.15, 0.2) is 124 Å². The molecule has 0 atom stereocenters. The van der Waals surface area contributed by atoms with E-state index in [1.54, 1.807) is 45.0 Å². The number of non-ortho nitro benzene ring substituents is 1. The van der Waals surface area contributed by atoms with E-state index in [-0.39, 0.29) is 106 Å². The van der Waals surface area contributed by atoms with Crippen LogP contribution in [-0.4, -0.2) is 85.4 Å². The average molecular weight is 1180 g/mol. The first-order valence-electron chi connectivity index (χ1n) is 25.0. The van der Waals surface area contributed by atoms with Crippen LogP contribution in [0, 0.1) is 76.2 Å². The van der Waals surface area contributed by atoms with Crippen LogP contribution in [0.5, 0.6) is 0 Å². The van der Waals surface area contributed by atoms with Crippen molar-refractivity contribution in [2.45, 2.75) is 20.8 Å². The minimum Gasteiger partial charge on any atom is -0.378 e. The molecule has 6 aromatic heterocycles. The summed E-state index contributed by atoms with van der Waals surface area (Å²) in [5, 5.41) is 93.2. The van der Waals surface area contributed by atoms with E-state index in [9.17, 15) is 39.6 Å². The average Bonchev–Trinajstić information content (AvgIpc) is 2.86. The molecule has 0 fully saturated rings. The number of hydrogen-bond acceptors (Lipinski definition) is 25. The maximum atomic E-state index is 12.0. The van der Waals surface area contributed by atoms with Gasteiger partial charge in [-0.25, -0.2) is 37.7 Å². The van der Waals surface area contributed by atoms with E-state index in [4.69, 9.17) is 14.7 Å². The zero-order chi connectivity index (χ0) is 59.1. The molecule has 0 bridgehead atoms. The van der Waals surface area contributed by atoms with Gasteiger partial charge in [-0.1, -0.05) is 53.0 Å². The second-order valence-electron chi connectivity index (χ2n) is 18.1. The van der Waals surface area contributed by atoms with Crippen molar-refractivity contribution >= 4 is 121 Å². The molecule has 27 nitrogen and oxygen atoms in total. The largest absolute Gasteiger partial charge is 0.378 e. The van der Waals surface area contributed by atoms with Crippen molar-refractivity contribution in [2.24, 2.45) is 20.5 Å². The van der Waals surface area contributed by atoms with Crippen molar-refractivity contribution in [3.05, 3.63) is 152 Å². The summed E-state index contributed by atoms with van der Waals surface area (Å²) in [4.78, 5) is 29.7. The number of thiazole rings is 2. The molecule has 84 heavy (non-hydrogen) atoms. The number of nitro groups is 1. The van der Waals surface area contributed by atoms with Crippen LogP contribution in [0.25, 0.3) is 31.8 Å². The molecule has 0 aliphatic heterocycles. The van der Waals surface area contributed by atoms with Gasteiger partial charge < -0.3 is 26.0 Å². The van der Waals surface area contributed by atoms with Crippen LogP contribution in [-0.2, 0) is 14.8 Å². The molecule has 0 saturated carbocycles. The van der Waals surface area contributed by atoms with E-state index in [1.165, 1.54) is 62.5 Å². The van der Waals surface area contributed by atoms with Gasteiger partial charge in [-0.05, 0) is 75.4 Å². The van der Waals surface area contributed by atoms with Gasteiger partial charge in [0.05, 0.1) is 73.8 Å². The normalized spacial score (nSPS) is 11.4. The molecule has 5 N–H and O–H groups in total. The summed E-state index contributed by atoms with van der Waals surface area (Å²) >= 11 is 2.76. The van der Waals surface area contributed by atoms with Crippen molar-refractivity contribution in [2.75, 3.05) is 58.5 Å². The Kier molecular flexibility index (Phi) is 16.2. The van der Waals surface area contributed by atoms with Gasteiger partial charge in [-0.3, -0.25) is 14.8 Å². The molecule has 10 rings (SSSR count). The number of nitrogens with one attached hydrogen (secondary N) is 5. The number of para-hydroxylation sites is 2. The number of pyridine rings is 2. The number of rotatable bonds is 21. The number of nitro benzene ring substituents is 1. The van der Waals surface area contributed by atoms with Crippen LogP contribution in [0.1, 0.15) is 39.1 Å². The van der Waals surface area contributed by atoms with Gasteiger partial charge in [-0.15, -0.1) is 30.7 Å². The third-order valence-corrected chi connectivity index (χ3v) is 14.9. The maximum absolute atomic E-state index is 12.0. The van der Waals surface area contributed by atoms with Gasteiger partial charge in [0, 0.05) is 36.3 Å². The molecular weight excluding hydrogens is 1130 g/mol. The first kappa shape index (κ1) is 56.1. The smallest absolute Gasteiger partial charge is 0.269 e. The van der Waals surface area contributed by atoms with Crippen LogP contribution in [0.2, 0.25) is 0 Å². The number of azo groups is 2. The van der Waals surface area contributed by atoms with Crippen molar-refractivity contribution < 1.29 is 18.1 Å². The van der Waals surface area contributed by atoms with Crippen LogP contribution in [0.4, 0.5) is 67.9 Å². The van der Waals surface area contributed by atoms with Crippen LogP contribution >= 0.6 is 22.7 Å². The zero-order valence-corrected chi connectivity index (χ0v) is 47.0. The lowest BCUT2D eigenvalue weighted by Crippen LogP contribution is -2.16. The van der Waals surface area contributed by atoms with Gasteiger partial charge in [0.15, 0.2) is 33.5 Å². The molecular formula is C54H42N22O5S3. The lowest BCUT2D eigenvalue weighted by molar-refractivity contribution is -0.384. The number of nitriles is 4. The summed E-state index contributed by atoms with van der Waals surface area (Å²) in [7, 11) is -3.59. The molecule has 10 aromatic rings. The van der Waals surface area contributed by atoms with Gasteiger partial charge in [-0.2, -0.15) is 21.0 Å². The summed E-state index contributed by atoms with van der Waals surface area (Å²) < 4.78 is 37.2. The highest BCUT2D eigenvalue weighted by molar-refractivity contribution is 7.92. The zero-order valence-electron chi connectivity index (χ0n) is 44.5. The predicted molar refractivity (Wildman–Crippen MR) is 316 cm³/mol.